The second-order valence-electron chi connectivity index (χ2n) is 6.76. The molecule has 0 radical (unpaired) electrons. The van der Waals surface area contributed by atoms with Crippen molar-refractivity contribution in [3.63, 3.8) is 0 Å². The van der Waals surface area contributed by atoms with Crippen LogP contribution in [0.3, 0.4) is 0 Å². The first-order valence-corrected chi connectivity index (χ1v) is 10.7. The number of sulfonamides is 1. The smallest absolute Gasteiger partial charge is 0.491 e. The third-order valence-electron chi connectivity index (χ3n) is 4.74. The van der Waals surface area contributed by atoms with Gasteiger partial charge in [0, 0.05) is 30.7 Å². The Morgan fingerprint density at radius 3 is 2.87 bits per heavy atom. The first-order chi connectivity index (χ1) is 14.5. The van der Waals surface area contributed by atoms with Gasteiger partial charge in [0.15, 0.2) is 0 Å². The number of nitrogens with one attached hydrogen (secondary N) is 2. The van der Waals surface area contributed by atoms with Crippen molar-refractivity contribution >= 4 is 34.0 Å². The maximum atomic E-state index is 13.1. The molecule has 1 aromatic heterocycles. The lowest BCUT2D eigenvalue weighted by molar-refractivity contribution is 0.275. The van der Waals surface area contributed by atoms with Gasteiger partial charge in [0.1, 0.15) is 10.6 Å². The minimum atomic E-state index is -3.91. The molecule has 2 heterocycles. The van der Waals surface area contributed by atoms with Gasteiger partial charge in [-0.1, -0.05) is 12.1 Å². The number of rotatable bonds is 7. The SMILES string of the molecule is COc1ccc(S(=O)(=O)Nc2ccc3c(c2)B(O)OC3)c(NCc2cccnc2)c1. The molecule has 3 aromatic rings. The molecule has 0 atom stereocenters. The molecule has 0 saturated heterocycles. The van der Waals surface area contributed by atoms with E-state index in [0.717, 1.165) is 11.1 Å². The van der Waals surface area contributed by atoms with Crippen molar-refractivity contribution in [2.24, 2.45) is 0 Å². The minimum absolute atomic E-state index is 0.0736. The highest BCUT2D eigenvalue weighted by atomic mass is 32.2. The fraction of sp³-hybridized carbons (Fsp3) is 0.150. The lowest BCUT2D eigenvalue weighted by atomic mass is 9.79. The van der Waals surface area contributed by atoms with Crippen LogP contribution >= 0.6 is 0 Å². The summed E-state index contributed by atoms with van der Waals surface area (Å²) in [4.78, 5) is 4.14. The molecule has 0 unspecified atom stereocenters. The van der Waals surface area contributed by atoms with Crippen LogP contribution in [0.4, 0.5) is 11.4 Å². The van der Waals surface area contributed by atoms with Gasteiger partial charge in [0.05, 0.1) is 19.4 Å². The van der Waals surface area contributed by atoms with Crippen LogP contribution in [0.15, 0.2) is 65.8 Å². The van der Waals surface area contributed by atoms with Crippen molar-refractivity contribution < 1.29 is 22.8 Å². The topological polar surface area (TPSA) is 110 Å². The molecule has 2 aromatic carbocycles. The van der Waals surface area contributed by atoms with Gasteiger partial charge >= 0.3 is 7.12 Å². The maximum Gasteiger partial charge on any atom is 0.491 e. The van der Waals surface area contributed by atoms with Crippen LogP contribution in [0.5, 0.6) is 5.75 Å². The average molecular weight is 425 g/mol. The molecule has 154 valence electrons. The van der Waals surface area contributed by atoms with Gasteiger partial charge in [-0.15, -0.1) is 0 Å². The lowest BCUT2D eigenvalue weighted by Gasteiger charge is -2.15. The predicted octanol–water partition coefficient (Wildman–Crippen LogP) is 1.72. The Hall–Kier alpha value is -3.08. The summed E-state index contributed by atoms with van der Waals surface area (Å²) in [7, 11) is -3.45. The largest absolute Gasteiger partial charge is 0.497 e. The zero-order chi connectivity index (χ0) is 21.1. The second-order valence-corrected chi connectivity index (χ2v) is 8.41. The van der Waals surface area contributed by atoms with Gasteiger partial charge in [-0.25, -0.2) is 8.42 Å². The van der Waals surface area contributed by atoms with Crippen LogP contribution < -0.4 is 20.2 Å². The van der Waals surface area contributed by atoms with Crippen LogP contribution in [0, 0.1) is 0 Å². The van der Waals surface area contributed by atoms with Crippen molar-refractivity contribution in [1.82, 2.24) is 4.98 Å². The van der Waals surface area contributed by atoms with Crippen LogP contribution in [-0.4, -0.2) is 32.7 Å². The fourth-order valence-electron chi connectivity index (χ4n) is 3.20. The second kappa shape index (κ2) is 8.35. The van der Waals surface area contributed by atoms with E-state index in [1.165, 1.54) is 13.2 Å². The molecule has 1 aliphatic heterocycles. The highest BCUT2D eigenvalue weighted by Gasteiger charge is 2.28. The summed E-state index contributed by atoms with van der Waals surface area (Å²) in [6, 6.07) is 13.4. The normalized spacial score (nSPS) is 13.1. The highest BCUT2D eigenvalue weighted by molar-refractivity contribution is 7.92. The van der Waals surface area contributed by atoms with Crippen molar-refractivity contribution in [1.29, 1.82) is 0 Å². The van der Waals surface area contributed by atoms with E-state index in [0.29, 0.717) is 35.7 Å². The van der Waals surface area contributed by atoms with E-state index >= 15 is 0 Å². The van der Waals surface area contributed by atoms with Crippen molar-refractivity contribution in [2.45, 2.75) is 18.0 Å². The van der Waals surface area contributed by atoms with Crippen molar-refractivity contribution in [3.05, 3.63) is 72.1 Å². The number of pyridine rings is 1. The standard InChI is InChI=1S/C20H20BN3O5S/c1-28-17-6-7-20(19(10-17)23-12-14-3-2-8-22-11-14)30(26,27)24-16-5-4-15-13-29-21(25)18(15)9-16/h2-11,23-25H,12-13H2,1H3. The molecular weight excluding hydrogens is 405 g/mol. The molecule has 8 nitrogen and oxygen atoms in total. The summed E-state index contributed by atoms with van der Waals surface area (Å²) in [5, 5.41) is 13.0. The molecule has 0 bridgehead atoms. The molecule has 0 saturated carbocycles. The molecule has 4 rings (SSSR count). The van der Waals surface area contributed by atoms with Crippen LogP contribution in [0.25, 0.3) is 0 Å². The average Bonchev–Trinajstić information content (AvgIpc) is 3.12. The van der Waals surface area contributed by atoms with Gasteiger partial charge in [-0.2, -0.15) is 0 Å². The van der Waals surface area contributed by atoms with E-state index in [2.05, 4.69) is 15.0 Å². The Balaban J connectivity index is 1.62. The van der Waals surface area contributed by atoms with Crippen molar-refractivity contribution in [2.75, 3.05) is 17.1 Å². The highest BCUT2D eigenvalue weighted by Crippen LogP contribution is 2.29. The number of methoxy groups -OCH3 is 1. The zero-order valence-corrected chi connectivity index (χ0v) is 17.0. The van der Waals surface area contributed by atoms with Gasteiger partial charge in [-0.05, 0) is 46.9 Å². The van der Waals surface area contributed by atoms with E-state index < -0.39 is 17.1 Å². The van der Waals surface area contributed by atoms with Crippen LogP contribution in [0.1, 0.15) is 11.1 Å². The zero-order valence-electron chi connectivity index (χ0n) is 16.2. The summed E-state index contributed by atoms with van der Waals surface area (Å²) in [6.45, 7) is 0.691. The third kappa shape index (κ3) is 4.25. The third-order valence-corrected chi connectivity index (χ3v) is 6.18. The summed E-state index contributed by atoms with van der Waals surface area (Å²) in [6.07, 6.45) is 3.38. The predicted molar refractivity (Wildman–Crippen MR) is 114 cm³/mol. The fourth-order valence-corrected chi connectivity index (χ4v) is 4.41. The monoisotopic (exact) mass is 425 g/mol. The first-order valence-electron chi connectivity index (χ1n) is 9.22. The first kappa shape index (κ1) is 20.2. The molecule has 0 aliphatic carbocycles. The summed E-state index contributed by atoms with van der Waals surface area (Å²) in [5.74, 6) is 0.528. The van der Waals surface area contributed by atoms with E-state index in [1.807, 2.05) is 12.1 Å². The Labute approximate surface area is 175 Å². The molecule has 1 aliphatic rings. The molecule has 30 heavy (non-hydrogen) atoms. The molecule has 10 heteroatoms. The number of aromatic nitrogens is 1. The molecule has 0 spiro atoms. The number of anilines is 2. The minimum Gasteiger partial charge on any atom is -0.497 e. The summed E-state index contributed by atoms with van der Waals surface area (Å²) >= 11 is 0. The Morgan fingerprint density at radius 2 is 2.10 bits per heavy atom. The molecular formula is C20H20BN3O5S. The van der Waals surface area contributed by atoms with Gasteiger partial charge in [0.25, 0.3) is 10.0 Å². The number of ether oxygens (including phenoxy) is 1. The number of benzene rings is 2. The Morgan fingerprint density at radius 1 is 1.23 bits per heavy atom. The van der Waals surface area contributed by atoms with Gasteiger partial charge in [0.2, 0.25) is 0 Å². The Kier molecular flexibility index (Phi) is 5.62. The maximum absolute atomic E-state index is 13.1. The Bertz CT molecular complexity index is 1160. The van der Waals surface area contributed by atoms with Gasteiger partial charge in [-0.3, -0.25) is 9.71 Å². The number of hydrogen-bond donors (Lipinski definition) is 3. The van der Waals surface area contributed by atoms with Crippen LogP contribution in [-0.2, 0) is 27.8 Å². The number of hydrogen-bond acceptors (Lipinski definition) is 7. The number of fused-ring (bicyclic) bond motifs is 1. The quantitative estimate of drug-likeness (QED) is 0.495. The van der Waals surface area contributed by atoms with Gasteiger partial charge < -0.3 is 19.7 Å². The van der Waals surface area contributed by atoms with E-state index in [9.17, 15) is 13.4 Å². The lowest BCUT2D eigenvalue weighted by Crippen LogP contribution is -2.28. The molecule has 0 amide bonds. The van der Waals surface area contributed by atoms with E-state index in [-0.39, 0.29) is 4.90 Å². The molecule has 3 N–H and O–H groups in total. The summed E-state index contributed by atoms with van der Waals surface area (Å²) in [5.41, 5.74) is 3.03. The van der Waals surface area contributed by atoms with Crippen molar-refractivity contribution in [3.8, 4) is 5.75 Å². The molecule has 0 fully saturated rings. The summed E-state index contributed by atoms with van der Waals surface area (Å²) < 4.78 is 39.2. The van der Waals surface area contributed by atoms with Crippen LogP contribution in [0.2, 0.25) is 0 Å². The number of nitrogens with zero attached hydrogens (tertiary/aromatic N) is 1. The van der Waals surface area contributed by atoms with E-state index in [4.69, 9.17) is 9.39 Å². The van der Waals surface area contributed by atoms with E-state index in [1.54, 1.807) is 42.7 Å².